The molecule has 0 saturated carbocycles. The highest BCUT2D eigenvalue weighted by molar-refractivity contribution is 7.93. The molecule has 108 valence electrons. The molecule has 0 aliphatic carbocycles. The van der Waals surface area contributed by atoms with Gasteiger partial charge in [-0.05, 0) is 18.2 Å². The molecule has 0 saturated heterocycles. The van der Waals surface area contributed by atoms with Gasteiger partial charge in [0.05, 0.1) is 18.2 Å². The van der Waals surface area contributed by atoms with Crippen LogP contribution >= 0.6 is 0 Å². The summed E-state index contributed by atoms with van der Waals surface area (Å²) in [5.41, 5.74) is 0.852. The van der Waals surface area contributed by atoms with Gasteiger partial charge in [-0.3, -0.25) is 9.10 Å². The second kappa shape index (κ2) is 4.85. The predicted octanol–water partition coefficient (Wildman–Crippen LogP) is 1.81. The number of carboxylic acid groups (broad SMARTS) is 1. The normalized spacial score (nSPS) is 19.2. The quantitative estimate of drug-likeness (QED) is 0.934. The molecular weight excluding hydrogens is 292 g/mol. The summed E-state index contributed by atoms with van der Waals surface area (Å²) in [6.07, 6.45) is 1.08. The van der Waals surface area contributed by atoms with E-state index in [1.54, 1.807) is 42.5 Å². The second-order valence-corrected chi connectivity index (χ2v) is 6.38. The van der Waals surface area contributed by atoms with Crippen molar-refractivity contribution in [2.75, 3.05) is 4.31 Å². The number of sulfonamides is 1. The molecule has 7 heteroatoms. The van der Waals surface area contributed by atoms with Gasteiger partial charge >= 0.3 is 5.97 Å². The van der Waals surface area contributed by atoms with Crippen LogP contribution < -0.4 is 4.31 Å². The highest BCUT2D eigenvalue weighted by Crippen LogP contribution is 2.43. The molecule has 1 aliphatic heterocycles. The van der Waals surface area contributed by atoms with Crippen LogP contribution in [0.25, 0.3) is 0 Å². The molecule has 0 bridgehead atoms. The lowest BCUT2D eigenvalue weighted by Gasteiger charge is -2.24. The van der Waals surface area contributed by atoms with Crippen LogP contribution in [0.2, 0.25) is 0 Å². The third-order valence-electron chi connectivity index (χ3n) is 3.32. The fourth-order valence-electron chi connectivity index (χ4n) is 2.51. The first-order chi connectivity index (χ1) is 10.0. The molecule has 21 heavy (non-hydrogen) atoms. The first kappa shape index (κ1) is 13.6. The number of aliphatic carboxylic acids is 1. The highest BCUT2D eigenvalue weighted by Gasteiger charge is 2.44. The number of benzene rings is 1. The maximum absolute atomic E-state index is 12.6. The van der Waals surface area contributed by atoms with Crippen molar-refractivity contribution in [1.29, 1.82) is 0 Å². The van der Waals surface area contributed by atoms with Gasteiger partial charge < -0.3 is 5.11 Å². The number of nitrogens with zero attached hydrogens (tertiary/aromatic N) is 2. The van der Waals surface area contributed by atoms with Gasteiger partial charge in [0.25, 0.3) is 10.0 Å². The van der Waals surface area contributed by atoms with E-state index in [1.165, 1.54) is 6.20 Å². The average Bonchev–Trinajstić information content (AvgIpc) is 2.68. The Hall–Kier alpha value is -2.41. The number of anilines is 1. The summed E-state index contributed by atoms with van der Waals surface area (Å²) in [6.45, 7) is 0. The molecule has 3 rings (SSSR count). The van der Waals surface area contributed by atoms with Crippen LogP contribution in [0.3, 0.4) is 0 Å². The number of hydrogen-bond acceptors (Lipinski definition) is 4. The minimum atomic E-state index is -3.84. The molecule has 1 aromatic heterocycles. The Morgan fingerprint density at radius 3 is 2.57 bits per heavy atom. The van der Waals surface area contributed by atoms with Crippen LogP contribution in [-0.2, 0) is 14.8 Å². The van der Waals surface area contributed by atoms with E-state index in [4.69, 9.17) is 5.11 Å². The van der Waals surface area contributed by atoms with Crippen molar-refractivity contribution >= 4 is 21.7 Å². The van der Waals surface area contributed by atoms with E-state index in [1.807, 2.05) is 0 Å². The Morgan fingerprint density at radius 1 is 1.19 bits per heavy atom. The van der Waals surface area contributed by atoms with Gasteiger partial charge in [0, 0.05) is 11.8 Å². The summed E-state index contributed by atoms with van der Waals surface area (Å²) in [7, 11) is -3.84. The number of hydrogen-bond donors (Lipinski definition) is 1. The van der Waals surface area contributed by atoms with Crippen molar-refractivity contribution in [2.24, 2.45) is 0 Å². The molecule has 0 amide bonds. The lowest BCUT2D eigenvalue weighted by Crippen LogP contribution is -2.29. The van der Waals surface area contributed by atoms with Crippen molar-refractivity contribution in [3.05, 3.63) is 54.2 Å². The summed E-state index contributed by atoms with van der Waals surface area (Å²) >= 11 is 0. The summed E-state index contributed by atoms with van der Waals surface area (Å²) in [6, 6.07) is 10.9. The molecule has 2 heterocycles. The fraction of sp³-hybridized carbons (Fsp3) is 0.143. The predicted molar refractivity (Wildman–Crippen MR) is 75.3 cm³/mol. The summed E-state index contributed by atoms with van der Waals surface area (Å²) in [4.78, 5) is 15.0. The minimum absolute atomic E-state index is 0.0693. The molecule has 1 N–H and O–H groups in total. The van der Waals surface area contributed by atoms with Crippen LogP contribution in [0.1, 0.15) is 18.0 Å². The number of aromatic nitrogens is 1. The van der Waals surface area contributed by atoms with Crippen molar-refractivity contribution in [3.63, 3.8) is 0 Å². The van der Waals surface area contributed by atoms with Crippen molar-refractivity contribution in [3.8, 4) is 0 Å². The first-order valence-electron chi connectivity index (χ1n) is 6.28. The van der Waals surface area contributed by atoms with Crippen LogP contribution in [0.5, 0.6) is 0 Å². The van der Waals surface area contributed by atoms with Crippen molar-refractivity contribution in [2.45, 2.75) is 17.5 Å². The smallest absolute Gasteiger partial charge is 0.305 e. The molecule has 6 nitrogen and oxygen atoms in total. The molecular formula is C14H12N2O4S. The zero-order chi connectivity index (χ0) is 15.0. The van der Waals surface area contributed by atoms with Gasteiger partial charge in [-0.2, -0.15) is 8.42 Å². The van der Waals surface area contributed by atoms with Gasteiger partial charge in [-0.25, -0.2) is 4.98 Å². The number of carboxylic acids is 1. The zero-order valence-electron chi connectivity index (χ0n) is 10.9. The Kier molecular flexibility index (Phi) is 3.13. The Morgan fingerprint density at radius 2 is 1.90 bits per heavy atom. The van der Waals surface area contributed by atoms with E-state index in [-0.39, 0.29) is 11.4 Å². The Labute approximate surface area is 121 Å². The Balaban J connectivity index is 2.20. The monoisotopic (exact) mass is 304 g/mol. The molecule has 1 atom stereocenters. The number of rotatable bonds is 3. The minimum Gasteiger partial charge on any atom is -0.481 e. The van der Waals surface area contributed by atoms with Crippen LogP contribution in [0, 0.1) is 0 Å². The molecule has 0 fully saturated rings. The maximum Gasteiger partial charge on any atom is 0.305 e. The lowest BCUT2D eigenvalue weighted by molar-refractivity contribution is -0.137. The number of fused-ring (bicyclic) bond motifs is 1. The second-order valence-electron chi connectivity index (χ2n) is 4.65. The fourth-order valence-corrected chi connectivity index (χ4v) is 4.32. The standard InChI is InChI=1S/C14H12N2O4S/c17-13(18)9-12-11-7-4-8-15-14(11)21(19,20)16(12)10-5-2-1-3-6-10/h1-8,12H,9H2,(H,17,18). The summed E-state index contributed by atoms with van der Waals surface area (Å²) < 4.78 is 26.4. The highest BCUT2D eigenvalue weighted by atomic mass is 32.2. The van der Waals surface area contributed by atoms with Crippen LogP contribution in [0.4, 0.5) is 5.69 Å². The zero-order valence-corrected chi connectivity index (χ0v) is 11.7. The number of carbonyl (C=O) groups is 1. The average molecular weight is 304 g/mol. The van der Waals surface area contributed by atoms with Crippen molar-refractivity contribution < 1.29 is 18.3 Å². The van der Waals surface area contributed by atoms with Gasteiger partial charge in [0.15, 0.2) is 5.03 Å². The summed E-state index contributed by atoms with van der Waals surface area (Å²) in [5, 5.41) is 9.02. The molecule has 1 unspecified atom stereocenters. The van der Waals surface area contributed by atoms with Crippen LogP contribution in [0.15, 0.2) is 53.7 Å². The maximum atomic E-state index is 12.6. The van der Waals surface area contributed by atoms with E-state index >= 15 is 0 Å². The third kappa shape index (κ3) is 2.15. The molecule has 1 aliphatic rings. The van der Waals surface area contributed by atoms with E-state index in [9.17, 15) is 13.2 Å². The number of para-hydroxylation sites is 1. The molecule has 1 aromatic carbocycles. The summed E-state index contributed by atoms with van der Waals surface area (Å²) in [5.74, 6) is -1.06. The van der Waals surface area contributed by atoms with E-state index < -0.39 is 22.0 Å². The SMILES string of the molecule is O=C(O)CC1c2cccnc2S(=O)(=O)N1c1ccccc1. The molecule has 0 radical (unpaired) electrons. The van der Waals surface area contributed by atoms with Gasteiger partial charge in [0.1, 0.15) is 0 Å². The van der Waals surface area contributed by atoms with Gasteiger partial charge in [0.2, 0.25) is 0 Å². The number of pyridine rings is 1. The first-order valence-corrected chi connectivity index (χ1v) is 7.72. The molecule has 2 aromatic rings. The largest absolute Gasteiger partial charge is 0.481 e. The van der Waals surface area contributed by atoms with Crippen molar-refractivity contribution in [1.82, 2.24) is 4.98 Å². The van der Waals surface area contributed by atoms with E-state index in [2.05, 4.69) is 4.98 Å². The lowest BCUT2D eigenvalue weighted by atomic mass is 10.1. The van der Waals surface area contributed by atoms with Crippen LogP contribution in [-0.4, -0.2) is 24.5 Å². The van der Waals surface area contributed by atoms with E-state index in [0.29, 0.717) is 11.3 Å². The third-order valence-corrected chi connectivity index (χ3v) is 5.14. The van der Waals surface area contributed by atoms with Gasteiger partial charge in [-0.1, -0.05) is 24.3 Å². The van der Waals surface area contributed by atoms with E-state index in [0.717, 1.165) is 4.31 Å². The topological polar surface area (TPSA) is 87.6 Å². The van der Waals surface area contributed by atoms with Gasteiger partial charge in [-0.15, -0.1) is 0 Å². The Bertz CT molecular complexity index is 790. The molecule has 0 spiro atoms.